The Labute approximate surface area is 206 Å². The van der Waals surface area contributed by atoms with Gasteiger partial charge in [0.25, 0.3) is 5.91 Å². The molecule has 3 atom stereocenters. The molecule has 2 bridgehead atoms. The highest BCUT2D eigenvalue weighted by Crippen LogP contribution is 2.36. The molecule has 8 nitrogen and oxygen atoms in total. The molecule has 1 aromatic carbocycles. The molecule has 1 unspecified atom stereocenters. The van der Waals surface area contributed by atoms with Gasteiger partial charge >= 0.3 is 0 Å². The molecule has 9 heteroatoms. The second-order valence-corrected chi connectivity index (χ2v) is 10.7. The molecule has 2 aromatic rings. The second-order valence-electron chi connectivity index (χ2n) is 10.7. The quantitative estimate of drug-likeness (QED) is 0.683. The number of rotatable bonds is 6. The van der Waals surface area contributed by atoms with Gasteiger partial charge in [0.1, 0.15) is 5.82 Å². The maximum absolute atomic E-state index is 14.0. The van der Waals surface area contributed by atoms with Crippen LogP contribution < -0.4 is 5.32 Å². The Morgan fingerprint density at radius 1 is 1.09 bits per heavy atom. The van der Waals surface area contributed by atoms with Crippen molar-refractivity contribution in [1.82, 2.24) is 29.8 Å². The van der Waals surface area contributed by atoms with Crippen molar-refractivity contribution in [2.75, 3.05) is 39.3 Å². The Morgan fingerprint density at radius 3 is 2.40 bits per heavy atom. The topological polar surface area (TPSA) is 73.7 Å². The van der Waals surface area contributed by atoms with Crippen LogP contribution in [0.5, 0.6) is 0 Å². The zero-order valence-corrected chi connectivity index (χ0v) is 21.0. The SMILES string of the molecule is CC(=O)N1CCN(CCN2[C@@H]3CC[C@H]2CC(NC(=O)c2nn(C(C)C)c4ccc(F)cc24)C3)CC1. The number of halogens is 1. The Hall–Kier alpha value is -2.52. The molecule has 3 saturated heterocycles. The van der Waals surface area contributed by atoms with Crippen molar-refractivity contribution in [2.24, 2.45) is 0 Å². The fraction of sp³-hybridized carbons (Fsp3) is 0.654. The fourth-order valence-electron chi connectivity index (χ4n) is 6.23. The summed E-state index contributed by atoms with van der Waals surface area (Å²) in [5.41, 5.74) is 1.10. The summed E-state index contributed by atoms with van der Waals surface area (Å²) in [4.78, 5) is 31.8. The van der Waals surface area contributed by atoms with Crippen molar-refractivity contribution in [3.63, 3.8) is 0 Å². The highest BCUT2D eigenvalue weighted by molar-refractivity contribution is 6.05. The van der Waals surface area contributed by atoms with Gasteiger partial charge in [0.2, 0.25) is 5.91 Å². The van der Waals surface area contributed by atoms with E-state index >= 15 is 0 Å². The molecule has 1 N–H and O–H groups in total. The number of hydrogen-bond donors (Lipinski definition) is 1. The van der Waals surface area contributed by atoms with Crippen molar-refractivity contribution in [2.45, 2.75) is 70.6 Å². The second kappa shape index (κ2) is 9.85. The van der Waals surface area contributed by atoms with Crippen molar-refractivity contribution >= 4 is 22.7 Å². The van der Waals surface area contributed by atoms with E-state index in [1.165, 1.54) is 25.0 Å². The molecule has 35 heavy (non-hydrogen) atoms. The molecule has 3 aliphatic rings. The lowest BCUT2D eigenvalue weighted by atomic mass is 9.97. The van der Waals surface area contributed by atoms with Gasteiger partial charge in [-0.15, -0.1) is 0 Å². The maximum Gasteiger partial charge on any atom is 0.272 e. The van der Waals surface area contributed by atoms with E-state index in [0.717, 1.165) is 57.6 Å². The van der Waals surface area contributed by atoms with Crippen LogP contribution in [0.2, 0.25) is 0 Å². The van der Waals surface area contributed by atoms with Gasteiger partial charge in [-0.1, -0.05) is 0 Å². The summed E-state index contributed by atoms with van der Waals surface area (Å²) in [6, 6.07) is 5.70. The number of piperazine rings is 1. The van der Waals surface area contributed by atoms with Crippen molar-refractivity contribution in [3.05, 3.63) is 29.7 Å². The van der Waals surface area contributed by atoms with E-state index in [0.29, 0.717) is 23.2 Å². The van der Waals surface area contributed by atoms with E-state index in [2.05, 4.69) is 20.2 Å². The minimum absolute atomic E-state index is 0.0778. The number of hydrogen-bond acceptors (Lipinski definition) is 5. The molecule has 3 aliphatic heterocycles. The summed E-state index contributed by atoms with van der Waals surface area (Å²) in [6.07, 6.45) is 4.23. The highest BCUT2D eigenvalue weighted by Gasteiger charge is 2.41. The highest BCUT2D eigenvalue weighted by atomic mass is 19.1. The van der Waals surface area contributed by atoms with E-state index in [-0.39, 0.29) is 29.7 Å². The Kier molecular flexibility index (Phi) is 6.81. The van der Waals surface area contributed by atoms with Crippen molar-refractivity contribution in [3.8, 4) is 0 Å². The molecule has 0 spiro atoms. The van der Waals surface area contributed by atoms with Gasteiger partial charge in [-0.3, -0.25) is 24.1 Å². The smallest absolute Gasteiger partial charge is 0.272 e. The van der Waals surface area contributed by atoms with Crippen LogP contribution in [0.3, 0.4) is 0 Å². The van der Waals surface area contributed by atoms with Gasteiger partial charge in [0.05, 0.1) is 5.52 Å². The molecule has 5 rings (SSSR count). The average molecular weight is 485 g/mol. The number of benzene rings is 1. The standard InChI is InChI=1S/C26H37FN6O2/c1-17(2)33-24-7-4-19(27)14-23(24)25(29-33)26(35)28-20-15-21-5-6-22(16-20)32(21)13-10-30-8-11-31(12-9-30)18(3)34/h4,7,14,17,20-22H,5-6,8-13,15-16H2,1-3H3,(H,28,35)/t20?,21-,22+. The lowest BCUT2D eigenvalue weighted by Crippen LogP contribution is -2.54. The lowest BCUT2D eigenvalue weighted by molar-refractivity contribution is -0.130. The van der Waals surface area contributed by atoms with E-state index in [4.69, 9.17) is 0 Å². The third-order valence-electron chi connectivity index (χ3n) is 8.08. The van der Waals surface area contributed by atoms with E-state index in [1.54, 1.807) is 17.7 Å². The number of amides is 2. The molecular weight excluding hydrogens is 447 g/mol. The molecule has 0 saturated carbocycles. The molecule has 0 aliphatic carbocycles. The van der Waals surface area contributed by atoms with Gasteiger partial charge in [0, 0.05) is 75.7 Å². The number of nitrogens with one attached hydrogen (secondary N) is 1. The fourth-order valence-corrected chi connectivity index (χ4v) is 6.23. The molecule has 190 valence electrons. The number of carbonyl (C=O) groups excluding carboxylic acids is 2. The van der Waals surface area contributed by atoms with Crippen LogP contribution in [0.15, 0.2) is 18.2 Å². The molecule has 0 radical (unpaired) electrons. The zero-order chi connectivity index (χ0) is 24.7. The first-order valence-corrected chi connectivity index (χ1v) is 13.0. The maximum atomic E-state index is 14.0. The predicted molar refractivity (Wildman–Crippen MR) is 133 cm³/mol. The summed E-state index contributed by atoms with van der Waals surface area (Å²) in [7, 11) is 0. The average Bonchev–Trinajstić information content (AvgIpc) is 3.32. The van der Waals surface area contributed by atoms with Crippen LogP contribution >= 0.6 is 0 Å². The van der Waals surface area contributed by atoms with Crippen LogP contribution in [0.1, 0.15) is 63.0 Å². The Morgan fingerprint density at radius 2 is 1.77 bits per heavy atom. The van der Waals surface area contributed by atoms with Crippen LogP contribution in [0.4, 0.5) is 4.39 Å². The van der Waals surface area contributed by atoms with Gasteiger partial charge < -0.3 is 10.2 Å². The number of fused-ring (bicyclic) bond motifs is 3. The number of carbonyl (C=O) groups is 2. The lowest BCUT2D eigenvalue weighted by Gasteiger charge is -2.41. The van der Waals surface area contributed by atoms with Gasteiger partial charge in [0.15, 0.2) is 5.69 Å². The summed E-state index contributed by atoms with van der Waals surface area (Å²) in [5.74, 6) is -0.397. The van der Waals surface area contributed by atoms with Crippen molar-refractivity contribution < 1.29 is 14.0 Å². The number of piperidine rings is 1. The van der Waals surface area contributed by atoms with E-state index < -0.39 is 0 Å². The summed E-state index contributed by atoms with van der Waals surface area (Å²) in [5, 5.41) is 8.36. The summed E-state index contributed by atoms with van der Waals surface area (Å²) >= 11 is 0. The molecule has 1 aromatic heterocycles. The first kappa shape index (κ1) is 24.2. The monoisotopic (exact) mass is 484 g/mol. The van der Waals surface area contributed by atoms with Gasteiger partial charge in [-0.25, -0.2) is 4.39 Å². The van der Waals surface area contributed by atoms with Crippen LogP contribution in [-0.4, -0.2) is 93.7 Å². The number of aromatic nitrogens is 2. The summed E-state index contributed by atoms with van der Waals surface area (Å²) < 4.78 is 15.8. The summed E-state index contributed by atoms with van der Waals surface area (Å²) in [6.45, 7) is 11.3. The van der Waals surface area contributed by atoms with Gasteiger partial charge in [-0.2, -0.15) is 5.10 Å². The molecule has 4 heterocycles. The van der Waals surface area contributed by atoms with Gasteiger partial charge in [-0.05, 0) is 57.7 Å². The normalized spacial score (nSPS) is 25.5. The molecule has 2 amide bonds. The first-order valence-electron chi connectivity index (χ1n) is 13.0. The largest absolute Gasteiger partial charge is 0.348 e. The molecular formula is C26H37FN6O2. The van der Waals surface area contributed by atoms with E-state index in [1.807, 2.05) is 18.7 Å². The van der Waals surface area contributed by atoms with E-state index in [9.17, 15) is 14.0 Å². The minimum atomic E-state index is -0.357. The Bertz CT molecular complexity index is 1080. The predicted octanol–water partition coefficient (Wildman–Crippen LogP) is 2.65. The minimum Gasteiger partial charge on any atom is -0.348 e. The van der Waals surface area contributed by atoms with Crippen LogP contribution in [-0.2, 0) is 4.79 Å². The van der Waals surface area contributed by atoms with Crippen LogP contribution in [0.25, 0.3) is 10.9 Å². The Balaban J connectivity index is 1.19. The third kappa shape index (κ3) is 4.93. The first-order chi connectivity index (χ1) is 16.8. The van der Waals surface area contributed by atoms with Crippen molar-refractivity contribution in [1.29, 1.82) is 0 Å². The van der Waals surface area contributed by atoms with Crippen LogP contribution in [0, 0.1) is 5.82 Å². The molecule has 3 fully saturated rings. The third-order valence-corrected chi connectivity index (χ3v) is 8.08. The number of nitrogens with zero attached hydrogens (tertiary/aromatic N) is 5. The zero-order valence-electron chi connectivity index (χ0n) is 21.0.